The van der Waals surface area contributed by atoms with Crippen molar-refractivity contribution in [3.05, 3.63) is 47.5 Å². The Morgan fingerprint density at radius 2 is 2.03 bits per heavy atom. The van der Waals surface area contributed by atoms with Crippen molar-refractivity contribution < 1.29 is 19.1 Å². The van der Waals surface area contributed by atoms with Gasteiger partial charge < -0.3 is 23.8 Å². The van der Waals surface area contributed by atoms with E-state index < -0.39 is 5.41 Å². The predicted octanol–water partition coefficient (Wildman–Crippen LogP) is 2.62. The van der Waals surface area contributed by atoms with Gasteiger partial charge in [-0.05, 0) is 31.0 Å². The fourth-order valence-corrected chi connectivity index (χ4v) is 4.60. The number of ether oxygens (including phenoxy) is 2. The van der Waals surface area contributed by atoms with E-state index >= 15 is 0 Å². The number of aryl methyl sites for hydroxylation is 1. The summed E-state index contributed by atoms with van der Waals surface area (Å²) in [6, 6.07) is 7.24. The van der Waals surface area contributed by atoms with E-state index in [4.69, 9.17) is 21.1 Å². The second-order valence-corrected chi connectivity index (χ2v) is 9.11. The maximum atomic E-state index is 13.2. The Kier molecular flexibility index (Phi) is 7.01. The van der Waals surface area contributed by atoms with Gasteiger partial charge in [0.25, 0.3) is 5.91 Å². The third-order valence-corrected chi connectivity index (χ3v) is 6.34. The van der Waals surface area contributed by atoms with Crippen LogP contribution in [0.4, 0.5) is 0 Å². The largest absolute Gasteiger partial charge is 0.493 e. The van der Waals surface area contributed by atoms with Crippen molar-refractivity contribution in [2.75, 3.05) is 46.0 Å². The molecule has 0 spiro atoms. The number of likely N-dealkylation sites (tertiary alicyclic amines) is 1. The summed E-state index contributed by atoms with van der Waals surface area (Å²) in [4.78, 5) is 34.1. The zero-order valence-electron chi connectivity index (χ0n) is 18.3. The Bertz CT molecular complexity index is 959. The van der Waals surface area contributed by atoms with E-state index in [-0.39, 0.29) is 11.8 Å². The maximum Gasteiger partial charge on any atom is 0.274 e. The summed E-state index contributed by atoms with van der Waals surface area (Å²) in [5.41, 5.74) is -0.0704. The second-order valence-electron chi connectivity index (χ2n) is 8.67. The molecule has 1 atom stereocenters. The summed E-state index contributed by atoms with van der Waals surface area (Å²) < 4.78 is 13.3. The molecular formula is C23H29ClN4O4. The van der Waals surface area contributed by atoms with E-state index in [1.54, 1.807) is 34.1 Å². The molecular weight excluding hydrogens is 432 g/mol. The highest BCUT2D eigenvalue weighted by molar-refractivity contribution is 6.30. The molecule has 4 rings (SSSR count). The molecule has 2 aromatic rings. The molecule has 172 valence electrons. The fourth-order valence-electron chi connectivity index (χ4n) is 4.42. The number of rotatable bonds is 6. The number of imidazole rings is 1. The van der Waals surface area contributed by atoms with Crippen molar-refractivity contribution in [2.24, 2.45) is 12.5 Å². The molecule has 2 fully saturated rings. The molecule has 1 aromatic carbocycles. The first kappa shape index (κ1) is 22.6. The Hall–Kier alpha value is -2.58. The van der Waals surface area contributed by atoms with Crippen molar-refractivity contribution in [1.82, 2.24) is 19.4 Å². The number of aromatic nitrogens is 2. The minimum atomic E-state index is -0.486. The average molecular weight is 461 g/mol. The van der Waals surface area contributed by atoms with Crippen LogP contribution in [0.25, 0.3) is 0 Å². The van der Waals surface area contributed by atoms with Crippen LogP contribution in [0.15, 0.2) is 36.8 Å². The van der Waals surface area contributed by atoms with Gasteiger partial charge in [0, 0.05) is 56.3 Å². The molecule has 0 unspecified atom stereocenters. The van der Waals surface area contributed by atoms with Crippen molar-refractivity contribution >= 4 is 23.4 Å². The first-order valence-corrected chi connectivity index (χ1v) is 11.3. The van der Waals surface area contributed by atoms with Crippen LogP contribution in [-0.4, -0.2) is 77.2 Å². The quantitative estimate of drug-likeness (QED) is 0.662. The molecule has 0 bridgehead atoms. The summed E-state index contributed by atoms with van der Waals surface area (Å²) in [5, 5.41) is 0.594. The molecule has 2 aliphatic heterocycles. The lowest BCUT2D eigenvalue weighted by atomic mass is 9.77. The lowest BCUT2D eigenvalue weighted by Crippen LogP contribution is -2.52. The molecule has 2 amide bonds. The molecule has 0 N–H and O–H groups in total. The highest BCUT2D eigenvalue weighted by atomic mass is 35.5. The first-order valence-electron chi connectivity index (χ1n) is 11.0. The van der Waals surface area contributed by atoms with E-state index in [1.165, 1.54) is 0 Å². The summed E-state index contributed by atoms with van der Waals surface area (Å²) in [5.74, 6) is 0.621. The first-order chi connectivity index (χ1) is 15.4. The average Bonchev–Trinajstić information content (AvgIpc) is 3.24. The molecule has 2 saturated heterocycles. The van der Waals surface area contributed by atoms with Gasteiger partial charge in [-0.15, -0.1) is 0 Å². The zero-order chi connectivity index (χ0) is 22.6. The highest BCUT2D eigenvalue weighted by Gasteiger charge is 2.41. The Labute approximate surface area is 193 Å². The standard InChI is InChI=1S/C23H29ClN4O4/c1-26-14-20(25-17-26)22(30)28-7-3-6-23(15-28,13-21(29)27-8-10-31-11-9-27)16-32-19-5-2-4-18(24)12-19/h2,4-5,12,14,17H,3,6-11,13,15-16H2,1H3/t23-/m1/s1. The fraction of sp³-hybridized carbons (Fsp3) is 0.522. The number of benzene rings is 1. The number of halogens is 1. The molecule has 2 aliphatic rings. The van der Waals surface area contributed by atoms with Crippen LogP contribution < -0.4 is 4.74 Å². The summed E-state index contributed by atoms with van der Waals surface area (Å²) >= 11 is 6.11. The van der Waals surface area contributed by atoms with Gasteiger partial charge in [0.05, 0.1) is 26.1 Å². The van der Waals surface area contributed by atoms with Gasteiger partial charge in [0.1, 0.15) is 11.4 Å². The summed E-state index contributed by atoms with van der Waals surface area (Å²) in [6.45, 7) is 3.72. The van der Waals surface area contributed by atoms with Crippen molar-refractivity contribution in [3.8, 4) is 5.75 Å². The minimum absolute atomic E-state index is 0.0788. The monoisotopic (exact) mass is 460 g/mol. The van der Waals surface area contributed by atoms with Crippen LogP contribution in [0.3, 0.4) is 0 Å². The van der Waals surface area contributed by atoms with Gasteiger partial charge in [0.15, 0.2) is 0 Å². The number of morpholine rings is 1. The van der Waals surface area contributed by atoms with Crippen molar-refractivity contribution in [2.45, 2.75) is 19.3 Å². The molecule has 0 saturated carbocycles. The van der Waals surface area contributed by atoms with Crippen LogP contribution in [-0.2, 0) is 16.6 Å². The van der Waals surface area contributed by atoms with Gasteiger partial charge in [-0.1, -0.05) is 17.7 Å². The molecule has 0 radical (unpaired) electrons. The van der Waals surface area contributed by atoms with Crippen LogP contribution in [0.5, 0.6) is 5.75 Å². The number of nitrogens with zero attached hydrogens (tertiary/aromatic N) is 4. The third-order valence-electron chi connectivity index (χ3n) is 6.10. The highest BCUT2D eigenvalue weighted by Crippen LogP contribution is 2.36. The number of carbonyl (C=O) groups excluding carboxylic acids is 2. The van der Waals surface area contributed by atoms with Gasteiger partial charge in [0.2, 0.25) is 5.91 Å². The number of piperidine rings is 1. The zero-order valence-corrected chi connectivity index (χ0v) is 19.1. The van der Waals surface area contributed by atoms with E-state index in [0.717, 1.165) is 12.8 Å². The topological polar surface area (TPSA) is 76.9 Å². The van der Waals surface area contributed by atoms with Crippen molar-refractivity contribution in [3.63, 3.8) is 0 Å². The molecule has 3 heterocycles. The smallest absolute Gasteiger partial charge is 0.274 e. The number of carbonyl (C=O) groups is 2. The summed E-state index contributed by atoms with van der Waals surface area (Å²) in [6.07, 6.45) is 5.26. The number of hydrogen-bond donors (Lipinski definition) is 0. The molecule has 32 heavy (non-hydrogen) atoms. The van der Waals surface area contributed by atoms with Crippen molar-refractivity contribution in [1.29, 1.82) is 0 Å². The van der Waals surface area contributed by atoms with E-state index in [9.17, 15) is 9.59 Å². The minimum Gasteiger partial charge on any atom is -0.493 e. The van der Waals surface area contributed by atoms with Crippen LogP contribution in [0, 0.1) is 5.41 Å². The van der Waals surface area contributed by atoms with Crippen LogP contribution in [0.2, 0.25) is 5.02 Å². The van der Waals surface area contributed by atoms with Gasteiger partial charge in [-0.2, -0.15) is 0 Å². The van der Waals surface area contributed by atoms with Gasteiger partial charge in [-0.25, -0.2) is 4.98 Å². The lowest BCUT2D eigenvalue weighted by Gasteiger charge is -2.43. The van der Waals surface area contributed by atoms with E-state index in [0.29, 0.717) is 68.9 Å². The molecule has 1 aromatic heterocycles. The van der Waals surface area contributed by atoms with Gasteiger partial charge >= 0.3 is 0 Å². The van der Waals surface area contributed by atoms with E-state index in [1.807, 2.05) is 24.1 Å². The third kappa shape index (κ3) is 5.42. The maximum absolute atomic E-state index is 13.2. The molecule has 9 heteroatoms. The van der Waals surface area contributed by atoms with Crippen LogP contribution in [0.1, 0.15) is 29.8 Å². The predicted molar refractivity (Wildman–Crippen MR) is 120 cm³/mol. The Morgan fingerprint density at radius 1 is 1.22 bits per heavy atom. The second kappa shape index (κ2) is 9.92. The SMILES string of the molecule is Cn1cnc(C(=O)N2CCC[C@@](COc3cccc(Cl)c3)(CC(=O)N3CCOCC3)C2)c1. The Balaban J connectivity index is 1.52. The van der Waals surface area contributed by atoms with E-state index in [2.05, 4.69) is 4.98 Å². The Morgan fingerprint density at radius 3 is 2.75 bits per heavy atom. The summed E-state index contributed by atoms with van der Waals surface area (Å²) in [7, 11) is 1.84. The number of amides is 2. The molecule has 8 nitrogen and oxygen atoms in total. The van der Waals surface area contributed by atoms with Crippen LogP contribution >= 0.6 is 11.6 Å². The number of hydrogen-bond acceptors (Lipinski definition) is 5. The molecule has 0 aliphatic carbocycles. The normalized spacial score (nSPS) is 21.4. The van der Waals surface area contributed by atoms with Gasteiger partial charge in [-0.3, -0.25) is 9.59 Å². The lowest BCUT2D eigenvalue weighted by molar-refractivity contribution is -0.139.